The topological polar surface area (TPSA) is 76.1 Å². The summed E-state index contributed by atoms with van der Waals surface area (Å²) >= 11 is 6.10. The third kappa shape index (κ3) is 4.40. The number of hydrogen-bond donors (Lipinski definition) is 2. The first-order valence-corrected chi connectivity index (χ1v) is 9.08. The Bertz CT molecular complexity index is 1010. The van der Waals surface area contributed by atoms with Gasteiger partial charge in [-0.2, -0.15) is 0 Å². The number of halogens is 1. The second kappa shape index (κ2) is 8.27. The van der Waals surface area contributed by atoms with Gasteiger partial charge < -0.3 is 15.4 Å². The van der Waals surface area contributed by atoms with Crippen molar-refractivity contribution in [3.05, 3.63) is 70.0 Å². The number of carbonyl (C=O) groups is 1. The number of aryl methyl sites for hydroxylation is 3. The van der Waals surface area contributed by atoms with E-state index in [1.54, 1.807) is 30.5 Å². The number of nitrogens with zero attached hydrogens (tertiary/aromatic N) is 2. The predicted molar refractivity (Wildman–Crippen MR) is 112 cm³/mol. The number of methoxy groups -OCH3 is 1. The van der Waals surface area contributed by atoms with Gasteiger partial charge in [0, 0.05) is 17.6 Å². The van der Waals surface area contributed by atoms with Crippen LogP contribution in [-0.4, -0.2) is 23.0 Å². The molecule has 1 aromatic heterocycles. The van der Waals surface area contributed by atoms with E-state index in [9.17, 15) is 4.79 Å². The van der Waals surface area contributed by atoms with E-state index in [1.165, 1.54) is 12.7 Å². The average molecular weight is 397 g/mol. The van der Waals surface area contributed by atoms with Gasteiger partial charge in [0.1, 0.15) is 11.4 Å². The van der Waals surface area contributed by atoms with Gasteiger partial charge in [-0.25, -0.2) is 9.97 Å². The van der Waals surface area contributed by atoms with Crippen molar-refractivity contribution in [2.24, 2.45) is 0 Å². The lowest BCUT2D eigenvalue weighted by Crippen LogP contribution is -2.15. The molecule has 0 aliphatic rings. The Labute approximate surface area is 168 Å². The molecule has 3 rings (SSSR count). The molecule has 0 unspecified atom stereocenters. The van der Waals surface area contributed by atoms with Crippen molar-refractivity contribution in [3.63, 3.8) is 0 Å². The number of ether oxygens (including phenoxy) is 1. The summed E-state index contributed by atoms with van der Waals surface area (Å²) in [4.78, 5) is 21.1. The standard InChI is InChI=1S/C21H21ClN4O2/c1-12-9-13(2)19(14(3)10-12)26-21-23-8-7-17(25-21)20(27)24-15-5-6-18(28-4)16(22)11-15/h5-11H,1-4H3,(H,24,27)(H,23,25,26). The Hall–Kier alpha value is -3.12. The van der Waals surface area contributed by atoms with Crippen LogP contribution in [0.1, 0.15) is 27.2 Å². The first-order chi connectivity index (χ1) is 13.4. The van der Waals surface area contributed by atoms with E-state index < -0.39 is 0 Å². The predicted octanol–water partition coefficient (Wildman–Crippen LogP) is 5.06. The van der Waals surface area contributed by atoms with Crippen LogP contribution in [0.5, 0.6) is 5.75 Å². The van der Waals surface area contributed by atoms with Gasteiger partial charge in [-0.3, -0.25) is 4.79 Å². The minimum Gasteiger partial charge on any atom is -0.495 e. The van der Waals surface area contributed by atoms with Crippen molar-refractivity contribution in [1.29, 1.82) is 0 Å². The molecule has 0 aliphatic heterocycles. The Morgan fingerprint density at radius 1 is 1.07 bits per heavy atom. The summed E-state index contributed by atoms with van der Waals surface area (Å²) in [5, 5.41) is 6.40. The largest absolute Gasteiger partial charge is 0.495 e. The molecule has 0 spiro atoms. The van der Waals surface area contributed by atoms with Crippen LogP contribution in [0, 0.1) is 20.8 Å². The lowest BCUT2D eigenvalue weighted by molar-refractivity contribution is 0.102. The summed E-state index contributed by atoms with van der Waals surface area (Å²) in [5.41, 5.74) is 5.09. The number of nitrogens with one attached hydrogen (secondary N) is 2. The summed E-state index contributed by atoms with van der Waals surface area (Å²) in [6.45, 7) is 6.09. The summed E-state index contributed by atoms with van der Waals surface area (Å²) in [7, 11) is 1.53. The van der Waals surface area contributed by atoms with Gasteiger partial charge in [-0.05, 0) is 56.2 Å². The van der Waals surface area contributed by atoms with Crippen LogP contribution in [-0.2, 0) is 0 Å². The Kier molecular flexibility index (Phi) is 5.80. The number of amides is 1. The van der Waals surface area contributed by atoms with E-state index in [-0.39, 0.29) is 11.6 Å². The van der Waals surface area contributed by atoms with E-state index in [2.05, 4.69) is 39.7 Å². The molecular formula is C21H21ClN4O2. The molecule has 0 fully saturated rings. The van der Waals surface area contributed by atoms with Crippen LogP contribution in [0.2, 0.25) is 5.02 Å². The van der Waals surface area contributed by atoms with E-state index >= 15 is 0 Å². The third-order valence-electron chi connectivity index (χ3n) is 4.21. The van der Waals surface area contributed by atoms with Crippen molar-refractivity contribution in [2.45, 2.75) is 20.8 Å². The maximum Gasteiger partial charge on any atom is 0.274 e. The van der Waals surface area contributed by atoms with Gasteiger partial charge in [-0.1, -0.05) is 29.3 Å². The minimum atomic E-state index is -0.357. The molecule has 0 saturated carbocycles. The van der Waals surface area contributed by atoms with Gasteiger partial charge in [0.15, 0.2) is 0 Å². The summed E-state index contributed by atoms with van der Waals surface area (Å²) < 4.78 is 5.11. The average Bonchev–Trinajstić information content (AvgIpc) is 2.65. The van der Waals surface area contributed by atoms with Gasteiger partial charge in [0.25, 0.3) is 5.91 Å². The summed E-state index contributed by atoms with van der Waals surface area (Å²) in [5.74, 6) is 0.538. The molecular weight excluding hydrogens is 376 g/mol. The van der Waals surface area contributed by atoms with Gasteiger partial charge >= 0.3 is 0 Å². The van der Waals surface area contributed by atoms with Crippen LogP contribution in [0.15, 0.2) is 42.6 Å². The second-order valence-electron chi connectivity index (χ2n) is 6.47. The van der Waals surface area contributed by atoms with Crippen molar-refractivity contribution in [3.8, 4) is 5.75 Å². The molecule has 2 N–H and O–H groups in total. The molecule has 1 heterocycles. The molecule has 6 nitrogen and oxygen atoms in total. The fourth-order valence-electron chi connectivity index (χ4n) is 2.97. The quantitative estimate of drug-likeness (QED) is 0.630. The molecule has 144 valence electrons. The van der Waals surface area contributed by atoms with Crippen molar-refractivity contribution < 1.29 is 9.53 Å². The van der Waals surface area contributed by atoms with Crippen LogP contribution in [0.25, 0.3) is 0 Å². The fraction of sp³-hybridized carbons (Fsp3) is 0.190. The highest BCUT2D eigenvalue weighted by Gasteiger charge is 2.12. The Morgan fingerprint density at radius 3 is 2.43 bits per heavy atom. The third-order valence-corrected chi connectivity index (χ3v) is 4.51. The normalized spacial score (nSPS) is 10.5. The van der Waals surface area contributed by atoms with Gasteiger partial charge in [0.2, 0.25) is 5.95 Å². The van der Waals surface area contributed by atoms with Gasteiger partial charge in [0.05, 0.1) is 12.1 Å². The van der Waals surface area contributed by atoms with Crippen LogP contribution in [0.3, 0.4) is 0 Å². The molecule has 1 amide bonds. The monoisotopic (exact) mass is 396 g/mol. The highest BCUT2D eigenvalue weighted by molar-refractivity contribution is 6.32. The number of anilines is 3. The molecule has 0 aliphatic carbocycles. The first-order valence-electron chi connectivity index (χ1n) is 8.70. The summed E-state index contributed by atoms with van der Waals surface area (Å²) in [6, 6.07) is 10.7. The molecule has 0 radical (unpaired) electrons. The lowest BCUT2D eigenvalue weighted by atomic mass is 10.1. The first kappa shape index (κ1) is 19.6. The smallest absolute Gasteiger partial charge is 0.274 e. The highest BCUT2D eigenvalue weighted by Crippen LogP contribution is 2.27. The molecule has 3 aromatic rings. The molecule has 28 heavy (non-hydrogen) atoms. The zero-order valence-electron chi connectivity index (χ0n) is 16.1. The van der Waals surface area contributed by atoms with Crippen molar-refractivity contribution in [1.82, 2.24) is 9.97 Å². The van der Waals surface area contributed by atoms with Crippen LogP contribution >= 0.6 is 11.6 Å². The fourth-order valence-corrected chi connectivity index (χ4v) is 3.23. The Morgan fingerprint density at radius 2 is 1.79 bits per heavy atom. The molecule has 2 aromatic carbocycles. The number of hydrogen-bond acceptors (Lipinski definition) is 5. The number of aromatic nitrogens is 2. The van der Waals surface area contributed by atoms with E-state index in [0.29, 0.717) is 22.4 Å². The van der Waals surface area contributed by atoms with Crippen molar-refractivity contribution >= 4 is 34.8 Å². The number of benzene rings is 2. The van der Waals surface area contributed by atoms with E-state index in [1.807, 2.05) is 13.8 Å². The van der Waals surface area contributed by atoms with Crippen LogP contribution < -0.4 is 15.4 Å². The van der Waals surface area contributed by atoms with E-state index in [0.717, 1.165) is 16.8 Å². The molecule has 0 atom stereocenters. The van der Waals surface area contributed by atoms with Gasteiger partial charge in [-0.15, -0.1) is 0 Å². The Balaban J connectivity index is 1.79. The SMILES string of the molecule is COc1ccc(NC(=O)c2ccnc(Nc3c(C)cc(C)cc3C)n2)cc1Cl. The highest BCUT2D eigenvalue weighted by atomic mass is 35.5. The number of rotatable bonds is 5. The van der Waals surface area contributed by atoms with Crippen LogP contribution in [0.4, 0.5) is 17.3 Å². The minimum absolute atomic E-state index is 0.242. The molecule has 7 heteroatoms. The molecule has 0 bridgehead atoms. The summed E-state index contributed by atoms with van der Waals surface area (Å²) in [6.07, 6.45) is 1.55. The maximum absolute atomic E-state index is 12.6. The zero-order valence-corrected chi connectivity index (χ0v) is 16.9. The number of carbonyl (C=O) groups excluding carboxylic acids is 1. The van der Waals surface area contributed by atoms with Crippen molar-refractivity contribution in [2.75, 3.05) is 17.7 Å². The second-order valence-corrected chi connectivity index (χ2v) is 6.87. The zero-order chi connectivity index (χ0) is 20.3. The van der Waals surface area contributed by atoms with E-state index in [4.69, 9.17) is 16.3 Å². The molecule has 0 saturated heterocycles. The maximum atomic E-state index is 12.6. The lowest BCUT2D eigenvalue weighted by Gasteiger charge is -2.13.